The van der Waals surface area contributed by atoms with E-state index in [-0.39, 0.29) is 6.03 Å². The molecule has 2 aromatic heterocycles. The third kappa shape index (κ3) is 3.62. The number of urea groups is 1. The fourth-order valence-electron chi connectivity index (χ4n) is 2.71. The highest BCUT2D eigenvalue weighted by atomic mass is 32.1. The van der Waals surface area contributed by atoms with E-state index >= 15 is 0 Å². The molecule has 0 saturated heterocycles. The number of rotatable bonds is 4. The van der Waals surface area contributed by atoms with Gasteiger partial charge in [-0.2, -0.15) is 5.10 Å². The zero-order valence-corrected chi connectivity index (χ0v) is 13.4. The third-order valence-electron chi connectivity index (χ3n) is 3.94. The van der Waals surface area contributed by atoms with Crippen LogP contribution in [0.4, 0.5) is 9.93 Å². The Balaban J connectivity index is 1.56. The Kier molecular flexibility index (Phi) is 4.67. The van der Waals surface area contributed by atoms with Gasteiger partial charge >= 0.3 is 6.03 Å². The van der Waals surface area contributed by atoms with Crippen LogP contribution in [-0.4, -0.2) is 38.1 Å². The van der Waals surface area contributed by atoms with Crippen LogP contribution in [0.3, 0.4) is 0 Å². The molecule has 1 saturated carbocycles. The quantitative estimate of drug-likeness (QED) is 0.906. The highest BCUT2D eigenvalue weighted by Crippen LogP contribution is 2.36. The number of amides is 2. The summed E-state index contributed by atoms with van der Waals surface area (Å²) in [5.74, 6) is 1.27. The van der Waals surface area contributed by atoms with E-state index in [9.17, 15) is 4.79 Å². The van der Waals surface area contributed by atoms with Crippen LogP contribution >= 0.6 is 11.3 Å². The number of H-pyrrole nitrogens is 1. The predicted molar refractivity (Wildman–Crippen MR) is 84.8 cm³/mol. The summed E-state index contributed by atoms with van der Waals surface area (Å²) < 4.78 is 0. The SMILES string of the molecule is CN(Cc1ncn[nH]1)C(=O)Nc1ncc(C2CCCCC2)s1. The van der Waals surface area contributed by atoms with Gasteiger partial charge < -0.3 is 4.90 Å². The number of anilines is 1. The molecular weight excluding hydrogens is 300 g/mol. The zero-order valence-electron chi connectivity index (χ0n) is 12.6. The minimum Gasteiger partial charge on any atom is -0.320 e. The van der Waals surface area contributed by atoms with Crippen molar-refractivity contribution >= 4 is 22.5 Å². The van der Waals surface area contributed by atoms with Gasteiger partial charge in [0.1, 0.15) is 12.2 Å². The molecule has 118 valence electrons. The number of thiazole rings is 1. The normalized spacial score (nSPS) is 15.7. The van der Waals surface area contributed by atoms with Gasteiger partial charge in [-0.15, -0.1) is 11.3 Å². The first-order valence-corrected chi connectivity index (χ1v) is 8.36. The van der Waals surface area contributed by atoms with Crippen LogP contribution in [0.5, 0.6) is 0 Å². The lowest BCUT2D eigenvalue weighted by atomic mass is 9.89. The number of aromatic amines is 1. The van der Waals surface area contributed by atoms with Crippen LogP contribution in [0.15, 0.2) is 12.5 Å². The van der Waals surface area contributed by atoms with Crippen molar-refractivity contribution in [1.29, 1.82) is 0 Å². The van der Waals surface area contributed by atoms with E-state index in [0.717, 1.165) is 0 Å². The number of nitrogens with one attached hydrogen (secondary N) is 2. The van der Waals surface area contributed by atoms with Crippen molar-refractivity contribution < 1.29 is 4.79 Å². The molecule has 0 atom stereocenters. The maximum absolute atomic E-state index is 12.1. The van der Waals surface area contributed by atoms with Gasteiger partial charge in [-0.25, -0.2) is 14.8 Å². The summed E-state index contributed by atoms with van der Waals surface area (Å²) in [5.41, 5.74) is 0. The Hall–Kier alpha value is -1.96. The number of hydrogen-bond acceptors (Lipinski definition) is 5. The Labute approximate surface area is 133 Å². The fourth-order valence-corrected chi connectivity index (χ4v) is 3.69. The molecule has 1 fully saturated rings. The number of aromatic nitrogens is 4. The maximum atomic E-state index is 12.1. The molecule has 7 nitrogen and oxygen atoms in total. The van der Waals surface area contributed by atoms with Crippen LogP contribution in [0.2, 0.25) is 0 Å². The molecule has 8 heteroatoms. The van der Waals surface area contributed by atoms with Crippen LogP contribution in [0.25, 0.3) is 0 Å². The van der Waals surface area contributed by atoms with E-state index in [2.05, 4.69) is 25.5 Å². The number of hydrogen-bond donors (Lipinski definition) is 2. The minimum absolute atomic E-state index is 0.194. The monoisotopic (exact) mass is 320 g/mol. The first kappa shape index (κ1) is 15.0. The molecule has 0 spiro atoms. The second kappa shape index (κ2) is 6.87. The smallest absolute Gasteiger partial charge is 0.320 e. The molecule has 0 radical (unpaired) electrons. The van der Waals surface area contributed by atoms with Crippen molar-refractivity contribution in [2.45, 2.75) is 44.6 Å². The van der Waals surface area contributed by atoms with Crippen molar-refractivity contribution in [3.63, 3.8) is 0 Å². The molecule has 0 bridgehead atoms. The molecule has 1 aliphatic carbocycles. The molecule has 3 rings (SSSR count). The lowest BCUT2D eigenvalue weighted by Crippen LogP contribution is -2.31. The molecule has 2 N–H and O–H groups in total. The van der Waals surface area contributed by atoms with E-state index in [1.54, 1.807) is 23.3 Å². The van der Waals surface area contributed by atoms with Gasteiger partial charge in [0.25, 0.3) is 0 Å². The Morgan fingerprint density at radius 3 is 2.95 bits per heavy atom. The zero-order chi connectivity index (χ0) is 15.4. The molecule has 2 aromatic rings. The molecule has 0 aliphatic heterocycles. The van der Waals surface area contributed by atoms with Gasteiger partial charge in [-0.3, -0.25) is 10.4 Å². The highest BCUT2D eigenvalue weighted by molar-refractivity contribution is 7.15. The summed E-state index contributed by atoms with van der Waals surface area (Å²) in [5, 5.41) is 10.0. The Morgan fingerprint density at radius 2 is 2.23 bits per heavy atom. The summed E-state index contributed by atoms with van der Waals surface area (Å²) in [6, 6.07) is -0.194. The van der Waals surface area contributed by atoms with Crippen LogP contribution in [0, 0.1) is 0 Å². The number of carbonyl (C=O) groups is 1. The van der Waals surface area contributed by atoms with Crippen molar-refractivity contribution in [2.75, 3.05) is 12.4 Å². The molecular formula is C14H20N6OS. The minimum atomic E-state index is -0.194. The van der Waals surface area contributed by atoms with Crippen LogP contribution < -0.4 is 5.32 Å². The van der Waals surface area contributed by atoms with E-state index in [0.29, 0.717) is 23.4 Å². The summed E-state index contributed by atoms with van der Waals surface area (Å²) in [4.78, 5) is 23.3. The highest BCUT2D eigenvalue weighted by Gasteiger charge is 2.19. The second-order valence-corrected chi connectivity index (χ2v) is 6.68. The average Bonchev–Trinajstić information content (AvgIpc) is 3.20. The van der Waals surface area contributed by atoms with Crippen LogP contribution in [-0.2, 0) is 6.54 Å². The Morgan fingerprint density at radius 1 is 1.41 bits per heavy atom. The summed E-state index contributed by atoms with van der Waals surface area (Å²) in [6.45, 7) is 0.382. The number of nitrogens with zero attached hydrogens (tertiary/aromatic N) is 4. The maximum Gasteiger partial charge on any atom is 0.323 e. The van der Waals surface area contributed by atoms with Crippen LogP contribution in [0.1, 0.15) is 48.7 Å². The van der Waals surface area contributed by atoms with Gasteiger partial charge in [0, 0.05) is 18.1 Å². The molecule has 2 heterocycles. The van der Waals surface area contributed by atoms with E-state index < -0.39 is 0 Å². The van der Waals surface area contributed by atoms with Gasteiger partial charge in [0.15, 0.2) is 5.13 Å². The summed E-state index contributed by atoms with van der Waals surface area (Å²) >= 11 is 1.59. The van der Waals surface area contributed by atoms with E-state index in [1.165, 1.54) is 43.3 Å². The van der Waals surface area contributed by atoms with Gasteiger partial charge in [-0.05, 0) is 18.8 Å². The summed E-state index contributed by atoms with van der Waals surface area (Å²) in [6.07, 6.45) is 9.74. The van der Waals surface area contributed by atoms with Crippen molar-refractivity contribution in [2.24, 2.45) is 0 Å². The average molecular weight is 320 g/mol. The number of carbonyl (C=O) groups excluding carboxylic acids is 1. The van der Waals surface area contributed by atoms with Gasteiger partial charge in [-0.1, -0.05) is 19.3 Å². The predicted octanol–water partition coefficient (Wildman–Crippen LogP) is 2.97. The standard InChI is InChI=1S/C14H20N6OS/c1-20(8-12-16-9-17-19-12)14(21)18-13-15-7-11(22-13)10-5-3-2-4-6-10/h7,9-10H,2-6,8H2,1H3,(H,15,18,21)(H,16,17,19). The van der Waals surface area contributed by atoms with Crippen molar-refractivity contribution in [1.82, 2.24) is 25.1 Å². The van der Waals surface area contributed by atoms with Gasteiger partial charge in [0.2, 0.25) is 0 Å². The topological polar surface area (TPSA) is 86.8 Å². The lowest BCUT2D eigenvalue weighted by molar-refractivity contribution is 0.219. The largest absolute Gasteiger partial charge is 0.323 e. The first-order valence-electron chi connectivity index (χ1n) is 7.54. The van der Waals surface area contributed by atoms with E-state index in [1.807, 2.05) is 6.20 Å². The van der Waals surface area contributed by atoms with E-state index in [4.69, 9.17) is 0 Å². The first-order chi connectivity index (χ1) is 10.7. The van der Waals surface area contributed by atoms with Crippen molar-refractivity contribution in [3.05, 3.63) is 23.2 Å². The van der Waals surface area contributed by atoms with Gasteiger partial charge in [0.05, 0.1) is 6.54 Å². The third-order valence-corrected chi connectivity index (χ3v) is 5.02. The summed E-state index contributed by atoms with van der Waals surface area (Å²) in [7, 11) is 1.72. The lowest BCUT2D eigenvalue weighted by Gasteiger charge is -2.19. The molecule has 2 amide bonds. The molecule has 1 aliphatic rings. The molecule has 22 heavy (non-hydrogen) atoms. The molecule has 0 unspecified atom stereocenters. The Bertz CT molecular complexity index is 605. The second-order valence-electron chi connectivity index (χ2n) is 5.62. The van der Waals surface area contributed by atoms with Crippen molar-refractivity contribution in [3.8, 4) is 0 Å². The fraction of sp³-hybridized carbons (Fsp3) is 0.571. The molecule has 0 aromatic carbocycles.